The number of nitrogens with one attached hydrogen (secondary N) is 1. The molecule has 0 saturated heterocycles. The Bertz CT molecular complexity index is 820. The molecule has 3 heterocycles. The van der Waals surface area contributed by atoms with Gasteiger partial charge in [0.2, 0.25) is 0 Å². The van der Waals surface area contributed by atoms with Crippen LogP contribution in [0.1, 0.15) is 21.9 Å². The molecule has 0 radical (unpaired) electrons. The maximum atomic E-state index is 12.6. The van der Waals surface area contributed by atoms with Crippen LogP contribution in [0.5, 0.6) is 0 Å². The Morgan fingerprint density at radius 2 is 2.18 bits per heavy atom. The predicted octanol–water partition coefficient (Wildman–Crippen LogP) is 2.41. The predicted molar refractivity (Wildman–Crippen MR) is 87.4 cm³/mol. The van der Waals surface area contributed by atoms with Gasteiger partial charge in [0.15, 0.2) is 10.8 Å². The molecule has 1 N–H and O–H groups in total. The minimum atomic E-state index is -0.227. The Morgan fingerprint density at radius 1 is 1.36 bits per heavy atom. The van der Waals surface area contributed by atoms with E-state index in [0.717, 1.165) is 17.0 Å². The number of hydrogen-bond donors (Lipinski definition) is 1. The molecule has 0 aliphatic carbocycles. The molecule has 1 amide bonds. The second-order valence-corrected chi connectivity index (χ2v) is 6.18. The van der Waals surface area contributed by atoms with Crippen LogP contribution in [-0.2, 0) is 6.54 Å². The molecule has 7 heteroatoms. The van der Waals surface area contributed by atoms with Gasteiger partial charge < -0.3 is 9.30 Å². The third kappa shape index (κ3) is 2.86. The molecule has 0 aliphatic rings. The van der Waals surface area contributed by atoms with Crippen LogP contribution in [0.2, 0.25) is 0 Å². The average Bonchev–Trinajstić information content (AvgIpc) is 3.03. The molecule has 0 atom stereocenters. The monoisotopic (exact) mass is 315 g/mol. The number of amides is 1. The molecular weight excluding hydrogens is 298 g/mol. The van der Waals surface area contributed by atoms with Gasteiger partial charge in [-0.2, -0.15) is 0 Å². The first kappa shape index (κ1) is 14.7. The van der Waals surface area contributed by atoms with E-state index >= 15 is 0 Å². The lowest BCUT2D eigenvalue weighted by molar-refractivity contribution is 0.102. The topological polar surface area (TPSA) is 62.5 Å². The normalized spacial score (nSPS) is 11.3. The molecule has 0 bridgehead atoms. The second-order valence-electron chi connectivity index (χ2n) is 5.32. The van der Waals surface area contributed by atoms with E-state index in [-0.39, 0.29) is 5.91 Å². The standard InChI is InChI=1S/C15H17N5OS/c1-10-9-22-15(16-10)18-14(21)13-11(8-19(2)3)20-7-5-4-6-12(20)17-13/h4-7,9H,8H2,1-3H3,(H,16,18,21). The van der Waals surface area contributed by atoms with Crippen LogP contribution < -0.4 is 5.32 Å². The number of aryl methyl sites for hydroxylation is 1. The number of rotatable bonds is 4. The number of hydrogen-bond acceptors (Lipinski definition) is 5. The van der Waals surface area contributed by atoms with Crippen molar-refractivity contribution in [3.8, 4) is 0 Å². The van der Waals surface area contributed by atoms with Crippen molar-refractivity contribution in [2.45, 2.75) is 13.5 Å². The lowest BCUT2D eigenvalue weighted by atomic mass is 10.3. The van der Waals surface area contributed by atoms with E-state index in [1.54, 1.807) is 0 Å². The van der Waals surface area contributed by atoms with Crippen molar-refractivity contribution in [3.05, 3.63) is 46.9 Å². The number of pyridine rings is 1. The molecule has 22 heavy (non-hydrogen) atoms. The van der Waals surface area contributed by atoms with Gasteiger partial charge in [-0.15, -0.1) is 11.3 Å². The van der Waals surface area contributed by atoms with Gasteiger partial charge in [-0.3, -0.25) is 10.1 Å². The molecule has 3 aromatic rings. The summed E-state index contributed by atoms with van der Waals surface area (Å²) in [5, 5.41) is 5.32. The zero-order valence-corrected chi connectivity index (χ0v) is 13.5. The van der Waals surface area contributed by atoms with Crippen molar-refractivity contribution < 1.29 is 4.79 Å². The number of thiazole rings is 1. The fraction of sp³-hybridized carbons (Fsp3) is 0.267. The van der Waals surface area contributed by atoms with Gasteiger partial charge in [0.05, 0.1) is 11.4 Å². The Kier molecular flexibility index (Phi) is 3.91. The lowest BCUT2D eigenvalue weighted by Crippen LogP contribution is -2.19. The van der Waals surface area contributed by atoms with Crippen LogP contribution >= 0.6 is 11.3 Å². The number of carbonyl (C=O) groups excluding carboxylic acids is 1. The minimum Gasteiger partial charge on any atom is -0.304 e. The summed E-state index contributed by atoms with van der Waals surface area (Å²) in [6, 6.07) is 5.73. The van der Waals surface area contributed by atoms with Gasteiger partial charge in [0, 0.05) is 18.1 Å². The van der Waals surface area contributed by atoms with E-state index in [4.69, 9.17) is 0 Å². The minimum absolute atomic E-state index is 0.227. The zero-order valence-electron chi connectivity index (χ0n) is 12.7. The van der Waals surface area contributed by atoms with Gasteiger partial charge in [-0.05, 0) is 33.2 Å². The Balaban J connectivity index is 1.99. The van der Waals surface area contributed by atoms with Crippen LogP contribution in [0.25, 0.3) is 5.65 Å². The second kappa shape index (κ2) is 5.86. The molecule has 3 rings (SSSR count). The van der Waals surface area contributed by atoms with Gasteiger partial charge >= 0.3 is 0 Å². The van der Waals surface area contributed by atoms with E-state index in [1.807, 2.05) is 60.1 Å². The number of aromatic nitrogens is 3. The molecule has 0 aliphatic heterocycles. The highest BCUT2D eigenvalue weighted by atomic mass is 32.1. The van der Waals surface area contributed by atoms with Crippen LogP contribution in [0, 0.1) is 6.92 Å². The number of carbonyl (C=O) groups is 1. The summed E-state index contributed by atoms with van der Waals surface area (Å²) < 4.78 is 1.95. The van der Waals surface area contributed by atoms with Crippen LogP contribution in [0.3, 0.4) is 0 Å². The highest BCUT2D eigenvalue weighted by molar-refractivity contribution is 7.13. The molecular formula is C15H17N5OS. The molecule has 0 saturated carbocycles. The first-order valence-electron chi connectivity index (χ1n) is 6.89. The maximum absolute atomic E-state index is 12.6. The van der Waals surface area contributed by atoms with Crippen molar-refractivity contribution in [2.75, 3.05) is 19.4 Å². The maximum Gasteiger partial charge on any atom is 0.278 e. The first-order chi connectivity index (χ1) is 10.5. The van der Waals surface area contributed by atoms with E-state index in [2.05, 4.69) is 15.3 Å². The number of imidazole rings is 1. The van der Waals surface area contributed by atoms with Gasteiger partial charge in [0.1, 0.15) is 5.65 Å². The highest BCUT2D eigenvalue weighted by Crippen LogP contribution is 2.18. The summed E-state index contributed by atoms with van der Waals surface area (Å²) >= 11 is 1.41. The summed E-state index contributed by atoms with van der Waals surface area (Å²) in [7, 11) is 3.93. The summed E-state index contributed by atoms with van der Waals surface area (Å²) in [4.78, 5) is 23.3. The van der Waals surface area contributed by atoms with E-state index < -0.39 is 0 Å². The van der Waals surface area contributed by atoms with Crippen molar-refractivity contribution in [2.24, 2.45) is 0 Å². The smallest absolute Gasteiger partial charge is 0.278 e. The number of anilines is 1. The van der Waals surface area contributed by atoms with Gasteiger partial charge in [-0.1, -0.05) is 6.07 Å². The van der Waals surface area contributed by atoms with Gasteiger partial charge in [0.25, 0.3) is 5.91 Å². The fourth-order valence-electron chi connectivity index (χ4n) is 2.25. The fourth-order valence-corrected chi connectivity index (χ4v) is 2.93. The summed E-state index contributed by atoms with van der Waals surface area (Å²) in [6.45, 7) is 2.53. The van der Waals surface area contributed by atoms with E-state index in [9.17, 15) is 4.79 Å². The van der Waals surface area contributed by atoms with E-state index in [0.29, 0.717) is 17.4 Å². The van der Waals surface area contributed by atoms with Crippen molar-refractivity contribution in [1.82, 2.24) is 19.3 Å². The van der Waals surface area contributed by atoms with Crippen LogP contribution in [0.4, 0.5) is 5.13 Å². The molecule has 0 unspecified atom stereocenters. The van der Waals surface area contributed by atoms with Crippen molar-refractivity contribution >= 4 is 28.0 Å². The largest absolute Gasteiger partial charge is 0.304 e. The summed E-state index contributed by atoms with van der Waals surface area (Å²) in [5.41, 5.74) is 2.96. The summed E-state index contributed by atoms with van der Waals surface area (Å²) in [5.74, 6) is -0.227. The molecule has 0 spiro atoms. The van der Waals surface area contributed by atoms with Crippen LogP contribution in [0.15, 0.2) is 29.8 Å². The van der Waals surface area contributed by atoms with Gasteiger partial charge in [-0.25, -0.2) is 9.97 Å². The Hall–Kier alpha value is -2.25. The Labute approximate surface area is 132 Å². The first-order valence-corrected chi connectivity index (χ1v) is 7.77. The molecule has 3 aromatic heterocycles. The third-order valence-corrected chi connectivity index (χ3v) is 4.02. The number of nitrogens with zero attached hydrogens (tertiary/aromatic N) is 4. The van der Waals surface area contributed by atoms with Crippen molar-refractivity contribution in [1.29, 1.82) is 0 Å². The zero-order chi connectivity index (χ0) is 15.7. The molecule has 6 nitrogen and oxygen atoms in total. The Morgan fingerprint density at radius 3 is 2.86 bits per heavy atom. The third-order valence-electron chi connectivity index (χ3n) is 3.15. The van der Waals surface area contributed by atoms with Crippen LogP contribution in [-0.4, -0.2) is 39.3 Å². The number of fused-ring (bicyclic) bond motifs is 1. The SMILES string of the molecule is Cc1csc(NC(=O)c2nc3ccccn3c2CN(C)C)n1. The molecule has 0 aromatic carbocycles. The van der Waals surface area contributed by atoms with E-state index in [1.165, 1.54) is 11.3 Å². The van der Waals surface area contributed by atoms with Crippen molar-refractivity contribution in [3.63, 3.8) is 0 Å². The molecule has 114 valence electrons. The quantitative estimate of drug-likeness (QED) is 0.803. The highest BCUT2D eigenvalue weighted by Gasteiger charge is 2.20. The summed E-state index contributed by atoms with van der Waals surface area (Å²) in [6.07, 6.45) is 1.92. The molecule has 0 fully saturated rings. The average molecular weight is 315 g/mol. The lowest BCUT2D eigenvalue weighted by Gasteiger charge is -2.10.